The van der Waals surface area contributed by atoms with Crippen LogP contribution in [0.4, 0.5) is 14.9 Å². The van der Waals surface area contributed by atoms with Gasteiger partial charge in [-0.1, -0.05) is 25.4 Å². The average molecular weight is 344 g/mol. The van der Waals surface area contributed by atoms with Crippen LogP contribution < -0.4 is 9.64 Å². The van der Waals surface area contributed by atoms with Gasteiger partial charge in [-0.25, -0.2) is 14.1 Å². The van der Waals surface area contributed by atoms with E-state index in [0.717, 1.165) is 6.07 Å². The van der Waals surface area contributed by atoms with Crippen molar-refractivity contribution < 1.29 is 23.5 Å². The first-order valence-corrected chi connectivity index (χ1v) is 7.84. The molecule has 0 saturated carbocycles. The molecule has 23 heavy (non-hydrogen) atoms. The summed E-state index contributed by atoms with van der Waals surface area (Å²) in [5, 5.41) is 0.0680. The van der Waals surface area contributed by atoms with Crippen LogP contribution in [-0.4, -0.2) is 24.2 Å². The second-order valence-electron chi connectivity index (χ2n) is 5.76. The van der Waals surface area contributed by atoms with Crippen LogP contribution in [0.25, 0.3) is 0 Å². The summed E-state index contributed by atoms with van der Waals surface area (Å²) in [5.74, 6) is -1.33. The number of anilines is 1. The Morgan fingerprint density at radius 3 is 2.57 bits per heavy atom. The molecule has 0 spiro atoms. The Labute approximate surface area is 139 Å². The van der Waals surface area contributed by atoms with Crippen molar-refractivity contribution in [1.29, 1.82) is 0 Å². The van der Waals surface area contributed by atoms with Gasteiger partial charge in [0.15, 0.2) is 6.10 Å². The van der Waals surface area contributed by atoms with Gasteiger partial charge >= 0.3 is 6.09 Å². The summed E-state index contributed by atoms with van der Waals surface area (Å²) in [5.41, 5.74) is -0.217. The SMILES string of the molecule is CCC(C)C1OC(=O)N(c2cc(OC(C)C)c(Cl)cc2F)C1=O. The summed E-state index contributed by atoms with van der Waals surface area (Å²) in [4.78, 5) is 25.2. The van der Waals surface area contributed by atoms with Crippen molar-refractivity contribution in [2.75, 3.05) is 4.90 Å². The third-order valence-corrected chi connectivity index (χ3v) is 3.94. The molecule has 7 heteroatoms. The van der Waals surface area contributed by atoms with Crippen LogP contribution in [0.3, 0.4) is 0 Å². The smallest absolute Gasteiger partial charge is 0.422 e. The van der Waals surface area contributed by atoms with Gasteiger partial charge in [0.05, 0.1) is 16.8 Å². The van der Waals surface area contributed by atoms with Crippen molar-refractivity contribution in [2.45, 2.75) is 46.3 Å². The summed E-state index contributed by atoms with van der Waals surface area (Å²) in [7, 11) is 0. The van der Waals surface area contributed by atoms with Crippen LogP contribution in [0.5, 0.6) is 5.75 Å². The fourth-order valence-corrected chi connectivity index (χ4v) is 2.45. The number of nitrogens with zero attached hydrogens (tertiary/aromatic N) is 1. The number of benzene rings is 1. The molecule has 2 unspecified atom stereocenters. The van der Waals surface area contributed by atoms with E-state index >= 15 is 0 Å². The third-order valence-electron chi connectivity index (χ3n) is 3.64. The molecule has 1 fully saturated rings. The maximum Gasteiger partial charge on any atom is 0.422 e. The highest BCUT2D eigenvalue weighted by Crippen LogP contribution is 2.36. The zero-order valence-electron chi connectivity index (χ0n) is 13.4. The Hall–Kier alpha value is -1.82. The lowest BCUT2D eigenvalue weighted by atomic mass is 10.0. The third kappa shape index (κ3) is 3.42. The molecule has 1 heterocycles. The highest BCUT2D eigenvalue weighted by molar-refractivity contribution is 6.32. The Kier molecular flexibility index (Phi) is 5.14. The molecule has 0 bridgehead atoms. The lowest BCUT2D eigenvalue weighted by Crippen LogP contribution is -2.34. The van der Waals surface area contributed by atoms with Crippen LogP contribution in [0.15, 0.2) is 12.1 Å². The molecule has 5 nitrogen and oxygen atoms in total. The van der Waals surface area contributed by atoms with E-state index < -0.39 is 23.9 Å². The molecule has 1 aromatic carbocycles. The van der Waals surface area contributed by atoms with E-state index in [4.69, 9.17) is 21.1 Å². The summed E-state index contributed by atoms with van der Waals surface area (Å²) in [6.45, 7) is 7.25. The van der Waals surface area contributed by atoms with Crippen LogP contribution in [0.2, 0.25) is 5.02 Å². The van der Waals surface area contributed by atoms with Gasteiger partial charge < -0.3 is 9.47 Å². The molecular formula is C16H19ClFNO4. The van der Waals surface area contributed by atoms with Gasteiger partial charge in [-0.3, -0.25) is 4.79 Å². The predicted octanol–water partition coefficient (Wildman–Crippen LogP) is 4.16. The van der Waals surface area contributed by atoms with Crippen molar-refractivity contribution in [3.05, 3.63) is 23.0 Å². The number of rotatable bonds is 5. The summed E-state index contributed by atoms with van der Waals surface area (Å²) in [6, 6.07) is 2.27. The van der Waals surface area contributed by atoms with Crippen LogP contribution in [-0.2, 0) is 9.53 Å². The second kappa shape index (κ2) is 6.74. The van der Waals surface area contributed by atoms with E-state index in [2.05, 4.69) is 0 Å². The number of hydrogen-bond donors (Lipinski definition) is 0. The number of cyclic esters (lactones) is 1. The minimum absolute atomic E-state index is 0.0680. The fraction of sp³-hybridized carbons (Fsp3) is 0.500. The van der Waals surface area contributed by atoms with Gasteiger partial charge in [-0.15, -0.1) is 0 Å². The van der Waals surface area contributed by atoms with Crippen LogP contribution >= 0.6 is 11.6 Å². The second-order valence-corrected chi connectivity index (χ2v) is 6.17. The number of hydrogen-bond acceptors (Lipinski definition) is 4. The van der Waals surface area contributed by atoms with Crippen molar-refractivity contribution in [2.24, 2.45) is 5.92 Å². The lowest BCUT2D eigenvalue weighted by molar-refractivity contribution is -0.123. The molecule has 0 N–H and O–H groups in total. The lowest BCUT2D eigenvalue weighted by Gasteiger charge is -2.17. The first-order valence-electron chi connectivity index (χ1n) is 7.46. The Bertz CT molecular complexity index is 635. The molecule has 2 atom stereocenters. The van der Waals surface area contributed by atoms with Gasteiger partial charge in [0.2, 0.25) is 0 Å². The van der Waals surface area contributed by atoms with E-state index in [1.54, 1.807) is 20.8 Å². The van der Waals surface area contributed by atoms with Gasteiger partial charge in [0.25, 0.3) is 5.91 Å². The van der Waals surface area contributed by atoms with Crippen molar-refractivity contribution in [3.63, 3.8) is 0 Å². The zero-order valence-corrected chi connectivity index (χ0v) is 14.2. The van der Waals surface area contributed by atoms with Gasteiger partial charge in [-0.05, 0) is 26.3 Å². The van der Waals surface area contributed by atoms with Crippen molar-refractivity contribution in [1.82, 2.24) is 0 Å². The minimum atomic E-state index is -0.906. The molecule has 2 rings (SSSR count). The molecule has 0 aliphatic carbocycles. The Morgan fingerprint density at radius 1 is 1.35 bits per heavy atom. The molecule has 1 aromatic rings. The van der Waals surface area contributed by atoms with Crippen LogP contribution in [0, 0.1) is 11.7 Å². The monoisotopic (exact) mass is 343 g/mol. The maximum atomic E-state index is 14.2. The van der Waals surface area contributed by atoms with E-state index in [-0.39, 0.29) is 28.5 Å². The molecule has 126 valence electrons. The summed E-state index contributed by atoms with van der Waals surface area (Å²) >= 11 is 5.94. The standard InChI is InChI=1S/C16H19ClFNO4/c1-5-9(4)14-15(20)19(16(21)23-14)12-7-13(22-8(2)3)10(17)6-11(12)18/h6-9,14H,5H2,1-4H3. The van der Waals surface area contributed by atoms with E-state index in [1.807, 2.05) is 6.92 Å². The number of amides is 2. The topological polar surface area (TPSA) is 55.8 Å². The van der Waals surface area contributed by atoms with Crippen LogP contribution in [0.1, 0.15) is 34.1 Å². The number of imide groups is 1. The summed E-state index contributed by atoms with van der Waals surface area (Å²) < 4.78 is 24.8. The van der Waals surface area contributed by atoms with Crippen molar-refractivity contribution in [3.8, 4) is 5.75 Å². The Balaban J connectivity index is 2.41. The molecule has 0 radical (unpaired) electrons. The molecule has 0 aromatic heterocycles. The zero-order chi connectivity index (χ0) is 17.3. The summed E-state index contributed by atoms with van der Waals surface area (Å²) in [6.07, 6.45) is -1.34. The molecular weight excluding hydrogens is 325 g/mol. The number of halogens is 2. The highest BCUT2D eigenvalue weighted by atomic mass is 35.5. The Morgan fingerprint density at radius 2 is 2.00 bits per heavy atom. The predicted molar refractivity (Wildman–Crippen MR) is 84.4 cm³/mol. The molecule has 1 saturated heterocycles. The quantitative estimate of drug-likeness (QED) is 0.805. The van der Waals surface area contributed by atoms with Gasteiger partial charge in [-0.2, -0.15) is 0 Å². The average Bonchev–Trinajstić information content (AvgIpc) is 2.76. The normalized spacial score (nSPS) is 19.3. The molecule has 2 amide bonds. The van der Waals surface area contributed by atoms with E-state index in [9.17, 15) is 14.0 Å². The van der Waals surface area contributed by atoms with E-state index in [0.29, 0.717) is 11.3 Å². The first kappa shape index (κ1) is 17.5. The number of carbonyl (C=O) groups is 2. The minimum Gasteiger partial charge on any atom is -0.489 e. The first-order chi connectivity index (χ1) is 10.8. The molecule has 1 aliphatic heterocycles. The fourth-order valence-electron chi connectivity index (χ4n) is 2.25. The number of ether oxygens (including phenoxy) is 2. The van der Waals surface area contributed by atoms with E-state index in [1.165, 1.54) is 6.07 Å². The van der Waals surface area contributed by atoms with Crippen molar-refractivity contribution >= 4 is 29.3 Å². The van der Waals surface area contributed by atoms with Gasteiger partial charge in [0, 0.05) is 12.0 Å². The van der Waals surface area contributed by atoms with Gasteiger partial charge in [0.1, 0.15) is 11.6 Å². The number of carbonyl (C=O) groups excluding carboxylic acids is 2. The molecule has 1 aliphatic rings. The highest BCUT2D eigenvalue weighted by Gasteiger charge is 2.45. The maximum absolute atomic E-state index is 14.2. The largest absolute Gasteiger partial charge is 0.489 e.